The molecule has 1 saturated heterocycles. The largest absolute Gasteiger partial charge is 0.338 e. The smallest absolute Gasteiger partial charge is 0.245 e. The monoisotopic (exact) mass is 435 g/mol. The zero-order valence-electron chi connectivity index (χ0n) is 16.8. The molecule has 0 aliphatic carbocycles. The van der Waals surface area contributed by atoms with Gasteiger partial charge >= 0.3 is 0 Å². The van der Waals surface area contributed by atoms with Crippen molar-refractivity contribution in [2.45, 2.75) is 9.79 Å². The summed E-state index contributed by atoms with van der Waals surface area (Å²) in [5, 5.41) is 0. The average molecular weight is 436 g/mol. The minimum Gasteiger partial charge on any atom is -0.338 e. The molecule has 0 saturated carbocycles. The second kappa shape index (κ2) is 7.75. The van der Waals surface area contributed by atoms with Crippen molar-refractivity contribution in [3.05, 3.63) is 67.0 Å². The standard InChI is InChI=1S/C22H21N5O3S/c28-21(16-25-12-14-26(15-13-25)22-23-10-5-11-24-22)27-17-6-1-3-8-19(17)31(29,30)20-9-4-2-7-18(20)27/h1-11H,12-16H2. The molecule has 5 rings (SSSR count). The maximum atomic E-state index is 13.4. The van der Waals surface area contributed by atoms with E-state index in [1.54, 1.807) is 71.9 Å². The molecule has 158 valence electrons. The van der Waals surface area contributed by atoms with Crippen LogP contribution >= 0.6 is 0 Å². The number of carbonyl (C=O) groups excluding carboxylic acids is 1. The molecule has 2 aromatic carbocycles. The third-order valence-electron chi connectivity index (χ3n) is 5.61. The van der Waals surface area contributed by atoms with Gasteiger partial charge in [0.2, 0.25) is 21.7 Å². The maximum absolute atomic E-state index is 13.4. The normalized spacial score (nSPS) is 17.7. The minimum atomic E-state index is -3.67. The summed E-state index contributed by atoms with van der Waals surface area (Å²) >= 11 is 0. The zero-order chi connectivity index (χ0) is 21.4. The molecule has 2 aliphatic rings. The Morgan fingerprint density at radius 3 is 1.94 bits per heavy atom. The molecule has 0 radical (unpaired) electrons. The fourth-order valence-electron chi connectivity index (χ4n) is 4.08. The van der Waals surface area contributed by atoms with Crippen LogP contribution in [-0.2, 0) is 14.6 Å². The van der Waals surface area contributed by atoms with Gasteiger partial charge in [-0.3, -0.25) is 14.6 Å². The van der Waals surface area contributed by atoms with Crippen LogP contribution in [0.1, 0.15) is 0 Å². The first-order valence-electron chi connectivity index (χ1n) is 10.1. The lowest BCUT2D eigenvalue weighted by molar-refractivity contribution is -0.119. The van der Waals surface area contributed by atoms with Crippen molar-refractivity contribution < 1.29 is 13.2 Å². The van der Waals surface area contributed by atoms with E-state index in [0.717, 1.165) is 13.1 Å². The van der Waals surface area contributed by atoms with Crippen molar-refractivity contribution in [1.82, 2.24) is 14.9 Å². The Kier molecular flexibility index (Phi) is 4.91. The third kappa shape index (κ3) is 3.45. The van der Waals surface area contributed by atoms with Gasteiger partial charge in [-0.05, 0) is 30.3 Å². The number of sulfone groups is 1. The van der Waals surface area contributed by atoms with Gasteiger partial charge in [0, 0.05) is 38.6 Å². The van der Waals surface area contributed by atoms with Gasteiger partial charge < -0.3 is 4.90 Å². The molecule has 0 bridgehead atoms. The van der Waals surface area contributed by atoms with Crippen LogP contribution in [0.4, 0.5) is 17.3 Å². The van der Waals surface area contributed by atoms with Gasteiger partial charge in [-0.25, -0.2) is 18.4 Å². The number of nitrogens with zero attached hydrogens (tertiary/aromatic N) is 5. The molecule has 9 heteroatoms. The molecule has 1 fully saturated rings. The molecule has 0 atom stereocenters. The lowest BCUT2D eigenvalue weighted by Crippen LogP contribution is -2.50. The Hall–Kier alpha value is -3.30. The summed E-state index contributed by atoms with van der Waals surface area (Å²) in [6.07, 6.45) is 3.44. The zero-order valence-corrected chi connectivity index (χ0v) is 17.6. The lowest BCUT2D eigenvalue weighted by atomic mass is 10.2. The van der Waals surface area contributed by atoms with Gasteiger partial charge in [-0.2, -0.15) is 0 Å². The van der Waals surface area contributed by atoms with E-state index in [1.165, 1.54) is 0 Å². The van der Waals surface area contributed by atoms with Crippen LogP contribution in [0.3, 0.4) is 0 Å². The molecule has 31 heavy (non-hydrogen) atoms. The Labute approximate surface area is 180 Å². The number of rotatable bonds is 3. The SMILES string of the molecule is O=C(CN1CCN(c2ncccn2)CC1)N1c2ccccc2S(=O)(=O)c2ccccc21. The van der Waals surface area contributed by atoms with Gasteiger partial charge in [0.05, 0.1) is 27.7 Å². The first-order chi connectivity index (χ1) is 15.1. The Balaban J connectivity index is 1.38. The highest BCUT2D eigenvalue weighted by atomic mass is 32.2. The molecule has 3 aromatic rings. The van der Waals surface area contributed by atoms with Crippen molar-refractivity contribution in [1.29, 1.82) is 0 Å². The summed E-state index contributed by atoms with van der Waals surface area (Å²) in [5.41, 5.74) is 0.810. The second-order valence-corrected chi connectivity index (χ2v) is 9.37. The number of carbonyl (C=O) groups is 1. The maximum Gasteiger partial charge on any atom is 0.245 e. The van der Waals surface area contributed by atoms with E-state index in [9.17, 15) is 13.2 Å². The molecule has 2 aliphatic heterocycles. The van der Waals surface area contributed by atoms with E-state index in [-0.39, 0.29) is 22.2 Å². The number of piperazine rings is 1. The average Bonchev–Trinajstić information content (AvgIpc) is 2.80. The van der Waals surface area contributed by atoms with Gasteiger partial charge in [-0.1, -0.05) is 24.3 Å². The van der Waals surface area contributed by atoms with E-state index < -0.39 is 9.84 Å². The molecular formula is C22H21N5O3S. The number of benzene rings is 2. The summed E-state index contributed by atoms with van der Waals surface area (Å²) in [7, 11) is -3.67. The van der Waals surface area contributed by atoms with Gasteiger partial charge in [-0.15, -0.1) is 0 Å². The van der Waals surface area contributed by atoms with Crippen LogP contribution in [0.25, 0.3) is 0 Å². The van der Waals surface area contributed by atoms with Crippen molar-refractivity contribution >= 4 is 33.1 Å². The molecule has 3 heterocycles. The van der Waals surface area contributed by atoms with Crippen LogP contribution in [0.15, 0.2) is 76.8 Å². The number of para-hydroxylation sites is 2. The Morgan fingerprint density at radius 2 is 1.35 bits per heavy atom. The van der Waals surface area contributed by atoms with Crippen molar-refractivity contribution in [2.75, 3.05) is 42.5 Å². The lowest BCUT2D eigenvalue weighted by Gasteiger charge is -2.36. The van der Waals surface area contributed by atoms with Crippen molar-refractivity contribution in [3.8, 4) is 0 Å². The Bertz CT molecular complexity index is 1170. The van der Waals surface area contributed by atoms with E-state index in [1.807, 2.05) is 0 Å². The second-order valence-electron chi connectivity index (χ2n) is 7.48. The molecule has 1 amide bonds. The van der Waals surface area contributed by atoms with Crippen LogP contribution < -0.4 is 9.80 Å². The molecule has 0 spiro atoms. The van der Waals surface area contributed by atoms with Crippen molar-refractivity contribution in [2.24, 2.45) is 0 Å². The third-order valence-corrected chi connectivity index (χ3v) is 7.46. The summed E-state index contributed by atoms with van der Waals surface area (Å²) in [5.74, 6) is 0.539. The Morgan fingerprint density at radius 1 is 0.806 bits per heavy atom. The van der Waals surface area contributed by atoms with E-state index in [0.29, 0.717) is 30.4 Å². The summed E-state index contributed by atoms with van der Waals surface area (Å²) < 4.78 is 26.1. The predicted molar refractivity (Wildman–Crippen MR) is 116 cm³/mol. The van der Waals surface area contributed by atoms with Gasteiger partial charge in [0.25, 0.3) is 0 Å². The summed E-state index contributed by atoms with van der Waals surface area (Å²) in [6, 6.07) is 15.1. The highest BCUT2D eigenvalue weighted by Crippen LogP contribution is 2.43. The van der Waals surface area contributed by atoms with E-state index >= 15 is 0 Å². The quantitative estimate of drug-likeness (QED) is 0.623. The first-order valence-corrected chi connectivity index (χ1v) is 11.5. The molecule has 0 N–H and O–H groups in total. The minimum absolute atomic E-state index is 0.154. The molecule has 1 aromatic heterocycles. The number of hydrogen-bond donors (Lipinski definition) is 0. The van der Waals surface area contributed by atoms with E-state index in [4.69, 9.17) is 0 Å². The fraction of sp³-hybridized carbons (Fsp3) is 0.227. The van der Waals surface area contributed by atoms with Crippen LogP contribution in [0, 0.1) is 0 Å². The van der Waals surface area contributed by atoms with Crippen LogP contribution in [0.2, 0.25) is 0 Å². The molecular weight excluding hydrogens is 414 g/mol. The number of fused-ring (bicyclic) bond motifs is 2. The predicted octanol–water partition coefficient (Wildman–Crippen LogP) is 2.11. The molecule has 0 unspecified atom stereocenters. The summed E-state index contributed by atoms with van der Waals surface area (Å²) in [6.45, 7) is 3.03. The highest BCUT2D eigenvalue weighted by Gasteiger charge is 2.37. The summed E-state index contributed by atoms with van der Waals surface area (Å²) in [4.78, 5) is 28.0. The first kappa shape index (κ1) is 19.7. The number of aromatic nitrogens is 2. The number of anilines is 3. The fourth-order valence-corrected chi connectivity index (χ4v) is 5.70. The molecule has 8 nitrogen and oxygen atoms in total. The highest BCUT2D eigenvalue weighted by molar-refractivity contribution is 7.92. The van der Waals surface area contributed by atoms with Crippen LogP contribution in [-0.4, -0.2) is 61.9 Å². The van der Waals surface area contributed by atoms with Crippen molar-refractivity contribution in [3.63, 3.8) is 0 Å². The van der Waals surface area contributed by atoms with Gasteiger partial charge in [0.1, 0.15) is 0 Å². The van der Waals surface area contributed by atoms with Crippen LogP contribution in [0.5, 0.6) is 0 Å². The van der Waals surface area contributed by atoms with Gasteiger partial charge in [0.15, 0.2) is 0 Å². The number of amides is 1. The topological polar surface area (TPSA) is 86.7 Å². The number of hydrogen-bond acceptors (Lipinski definition) is 7. The van der Waals surface area contributed by atoms with E-state index in [2.05, 4.69) is 19.8 Å².